The molecule has 0 unspecified atom stereocenters. The summed E-state index contributed by atoms with van der Waals surface area (Å²) in [6, 6.07) is 14.0. The summed E-state index contributed by atoms with van der Waals surface area (Å²) in [5, 5.41) is 0. The van der Waals surface area contributed by atoms with Crippen LogP contribution in [0.15, 0.2) is 65.3 Å². The van der Waals surface area contributed by atoms with Crippen molar-refractivity contribution in [3.05, 3.63) is 71.4 Å². The van der Waals surface area contributed by atoms with Gasteiger partial charge in [0.2, 0.25) is 5.90 Å². The summed E-state index contributed by atoms with van der Waals surface area (Å²) in [4.78, 5) is 15.9. The number of hydrogen-bond acceptors (Lipinski definition) is 4. The van der Waals surface area contributed by atoms with Crippen LogP contribution < -0.4 is 4.74 Å². The van der Waals surface area contributed by atoms with Gasteiger partial charge in [-0.3, -0.25) is 0 Å². The fourth-order valence-corrected chi connectivity index (χ4v) is 2.04. The summed E-state index contributed by atoms with van der Waals surface area (Å²) in [6.45, 7) is 0. The van der Waals surface area contributed by atoms with E-state index in [0.717, 1.165) is 12.1 Å². The first kappa shape index (κ1) is 15.8. The minimum atomic E-state index is -4.75. The minimum Gasteiger partial charge on any atom is -0.406 e. The molecule has 1 aliphatic rings. The number of benzene rings is 2. The molecule has 3 rings (SSSR count). The van der Waals surface area contributed by atoms with E-state index in [1.54, 1.807) is 24.3 Å². The highest BCUT2D eigenvalue weighted by Crippen LogP contribution is 2.24. The molecule has 7 heteroatoms. The molecule has 0 spiro atoms. The Balaban J connectivity index is 1.81. The third kappa shape index (κ3) is 3.81. The summed E-state index contributed by atoms with van der Waals surface area (Å²) in [5.41, 5.74) is 1.22. The first-order chi connectivity index (χ1) is 11.4. The SMILES string of the molecule is O=C1OC(c2ccccc2)=N/C1=C\c1ccc(OC(F)(F)F)cc1. The monoisotopic (exact) mass is 333 g/mol. The number of hydrogen-bond donors (Lipinski definition) is 0. The fourth-order valence-electron chi connectivity index (χ4n) is 2.04. The van der Waals surface area contributed by atoms with Crippen molar-refractivity contribution in [1.29, 1.82) is 0 Å². The second-order valence-corrected chi connectivity index (χ2v) is 4.82. The molecule has 0 saturated heterocycles. The number of ether oxygens (including phenoxy) is 2. The largest absolute Gasteiger partial charge is 0.573 e. The number of cyclic esters (lactones) is 1. The van der Waals surface area contributed by atoms with Gasteiger partial charge in [-0.25, -0.2) is 9.79 Å². The molecule has 1 aliphatic heterocycles. The Labute approximate surface area is 134 Å². The highest BCUT2D eigenvalue weighted by atomic mass is 19.4. The van der Waals surface area contributed by atoms with E-state index in [9.17, 15) is 18.0 Å². The quantitative estimate of drug-likeness (QED) is 0.632. The van der Waals surface area contributed by atoms with E-state index in [-0.39, 0.29) is 17.3 Å². The lowest BCUT2D eigenvalue weighted by Gasteiger charge is -2.08. The number of nitrogens with zero attached hydrogens (tertiary/aromatic N) is 1. The van der Waals surface area contributed by atoms with E-state index < -0.39 is 12.3 Å². The number of carbonyl (C=O) groups excluding carboxylic acids is 1. The van der Waals surface area contributed by atoms with E-state index in [4.69, 9.17) is 4.74 Å². The fraction of sp³-hybridized carbons (Fsp3) is 0.0588. The van der Waals surface area contributed by atoms with E-state index in [1.807, 2.05) is 6.07 Å². The molecular weight excluding hydrogens is 323 g/mol. The maximum Gasteiger partial charge on any atom is 0.573 e. The molecule has 4 nitrogen and oxygen atoms in total. The lowest BCUT2D eigenvalue weighted by atomic mass is 10.2. The molecule has 0 aliphatic carbocycles. The van der Waals surface area contributed by atoms with Crippen LogP contribution in [0.2, 0.25) is 0 Å². The third-order valence-electron chi connectivity index (χ3n) is 3.06. The molecule has 2 aromatic carbocycles. The van der Waals surface area contributed by atoms with Crippen LogP contribution in [0, 0.1) is 0 Å². The molecule has 0 atom stereocenters. The van der Waals surface area contributed by atoms with Gasteiger partial charge in [0, 0.05) is 5.56 Å². The van der Waals surface area contributed by atoms with Crippen LogP contribution in [-0.2, 0) is 9.53 Å². The number of halogens is 3. The Morgan fingerprint density at radius 1 is 1.00 bits per heavy atom. The zero-order chi connectivity index (χ0) is 17.2. The number of rotatable bonds is 3. The number of carbonyl (C=O) groups is 1. The predicted octanol–water partition coefficient (Wildman–Crippen LogP) is 3.93. The number of aliphatic imine (C=N–C) groups is 1. The van der Waals surface area contributed by atoms with Crippen molar-refractivity contribution in [3.63, 3.8) is 0 Å². The van der Waals surface area contributed by atoms with Gasteiger partial charge >= 0.3 is 12.3 Å². The minimum absolute atomic E-state index is 0.0679. The smallest absolute Gasteiger partial charge is 0.406 e. The van der Waals surface area contributed by atoms with Crippen molar-refractivity contribution in [2.75, 3.05) is 0 Å². The molecule has 2 aromatic rings. The second kappa shape index (κ2) is 6.19. The molecule has 0 aromatic heterocycles. The first-order valence-electron chi connectivity index (χ1n) is 6.84. The number of esters is 1. The van der Waals surface area contributed by atoms with E-state index in [2.05, 4.69) is 9.73 Å². The van der Waals surface area contributed by atoms with E-state index >= 15 is 0 Å². The molecule has 0 N–H and O–H groups in total. The van der Waals surface area contributed by atoms with Crippen molar-refractivity contribution < 1.29 is 27.4 Å². The van der Waals surface area contributed by atoms with Gasteiger partial charge in [0.25, 0.3) is 0 Å². The average Bonchev–Trinajstić information content (AvgIpc) is 2.90. The molecular formula is C17H10F3NO3. The Hall–Kier alpha value is -3.09. The van der Waals surface area contributed by atoms with E-state index in [1.165, 1.54) is 18.2 Å². The van der Waals surface area contributed by atoms with Gasteiger partial charge in [-0.2, -0.15) is 0 Å². The van der Waals surface area contributed by atoms with E-state index in [0.29, 0.717) is 11.1 Å². The summed E-state index contributed by atoms with van der Waals surface area (Å²) in [7, 11) is 0. The van der Waals surface area contributed by atoms with Crippen molar-refractivity contribution in [2.45, 2.75) is 6.36 Å². The Morgan fingerprint density at radius 3 is 2.29 bits per heavy atom. The highest BCUT2D eigenvalue weighted by molar-refractivity contribution is 6.12. The third-order valence-corrected chi connectivity index (χ3v) is 3.06. The summed E-state index contributed by atoms with van der Waals surface area (Å²) in [5.74, 6) is -0.777. The standard InChI is InChI=1S/C17H10F3NO3/c18-17(19,20)24-13-8-6-11(7-9-13)10-14-16(22)23-15(21-14)12-4-2-1-3-5-12/h1-10H/b14-10-. The van der Waals surface area contributed by atoms with Gasteiger partial charge in [0.05, 0.1) is 0 Å². The van der Waals surface area contributed by atoms with Gasteiger partial charge in [0.15, 0.2) is 5.70 Å². The molecule has 0 saturated carbocycles. The lowest BCUT2D eigenvalue weighted by Crippen LogP contribution is -2.16. The van der Waals surface area contributed by atoms with Gasteiger partial charge in [-0.05, 0) is 35.9 Å². The van der Waals surface area contributed by atoms with Crippen molar-refractivity contribution in [3.8, 4) is 5.75 Å². The molecule has 1 heterocycles. The van der Waals surface area contributed by atoms with Crippen LogP contribution in [-0.4, -0.2) is 18.2 Å². The Kier molecular flexibility index (Phi) is 4.07. The zero-order valence-electron chi connectivity index (χ0n) is 12.1. The van der Waals surface area contributed by atoms with Crippen LogP contribution in [0.25, 0.3) is 6.08 Å². The van der Waals surface area contributed by atoms with Crippen LogP contribution in [0.3, 0.4) is 0 Å². The van der Waals surface area contributed by atoms with Crippen molar-refractivity contribution in [2.24, 2.45) is 4.99 Å². The summed E-state index contributed by atoms with van der Waals surface area (Å²) < 4.78 is 45.2. The molecule has 24 heavy (non-hydrogen) atoms. The van der Waals surface area contributed by atoms with Crippen LogP contribution in [0.4, 0.5) is 13.2 Å². The second-order valence-electron chi connectivity index (χ2n) is 4.82. The summed E-state index contributed by atoms with van der Waals surface area (Å²) in [6.07, 6.45) is -3.32. The molecule has 0 amide bonds. The predicted molar refractivity (Wildman–Crippen MR) is 80.2 cm³/mol. The topological polar surface area (TPSA) is 47.9 Å². The summed E-state index contributed by atoms with van der Waals surface area (Å²) >= 11 is 0. The molecule has 0 bridgehead atoms. The number of alkyl halides is 3. The Morgan fingerprint density at radius 2 is 1.67 bits per heavy atom. The molecule has 0 radical (unpaired) electrons. The van der Waals surface area contributed by atoms with Gasteiger partial charge in [-0.15, -0.1) is 13.2 Å². The average molecular weight is 333 g/mol. The van der Waals surface area contributed by atoms with Gasteiger partial charge in [-0.1, -0.05) is 30.3 Å². The maximum absolute atomic E-state index is 12.1. The van der Waals surface area contributed by atoms with Crippen molar-refractivity contribution >= 4 is 17.9 Å². The zero-order valence-corrected chi connectivity index (χ0v) is 12.1. The lowest BCUT2D eigenvalue weighted by molar-refractivity contribution is -0.274. The van der Waals surface area contributed by atoms with Gasteiger partial charge < -0.3 is 9.47 Å². The molecule has 122 valence electrons. The first-order valence-corrected chi connectivity index (χ1v) is 6.84. The van der Waals surface area contributed by atoms with Crippen molar-refractivity contribution in [1.82, 2.24) is 0 Å². The van der Waals surface area contributed by atoms with Crippen LogP contribution in [0.1, 0.15) is 11.1 Å². The maximum atomic E-state index is 12.1. The van der Waals surface area contributed by atoms with Gasteiger partial charge in [0.1, 0.15) is 5.75 Å². The molecule has 0 fully saturated rings. The normalized spacial score (nSPS) is 16.0. The van der Waals surface area contributed by atoms with Crippen LogP contribution in [0.5, 0.6) is 5.75 Å². The Bertz CT molecular complexity index is 809. The highest BCUT2D eigenvalue weighted by Gasteiger charge is 2.31. The van der Waals surface area contributed by atoms with Crippen LogP contribution >= 0.6 is 0 Å².